The quantitative estimate of drug-likeness (QED) is 0.631. The van der Waals surface area contributed by atoms with Crippen LogP contribution in [-0.4, -0.2) is 28.0 Å². The van der Waals surface area contributed by atoms with Gasteiger partial charge >= 0.3 is 5.76 Å². The molecular weight excluding hydrogens is 378 g/mol. The van der Waals surface area contributed by atoms with Gasteiger partial charge in [0.05, 0.1) is 19.7 Å². The molecule has 1 unspecified atom stereocenters. The summed E-state index contributed by atoms with van der Waals surface area (Å²) in [5, 5.41) is 4.42. The summed E-state index contributed by atoms with van der Waals surface area (Å²) < 4.78 is 10.3. The fourth-order valence-electron chi connectivity index (χ4n) is 2.61. The second-order valence-electron chi connectivity index (χ2n) is 5.71. The van der Waals surface area contributed by atoms with E-state index < -0.39 is 5.76 Å². The Balaban J connectivity index is 1.74. The number of hydrogen-bond acceptors (Lipinski definition) is 7. The Kier molecular flexibility index (Phi) is 5.85. The maximum Gasteiger partial charge on any atom is 0.438 e. The largest absolute Gasteiger partial charge is 0.497 e. The lowest BCUT2D eigenvalue weighted by molar-refractivity contribution is -0.118. The number of benzene rings is 1. The SMILES string of the molecule is COc1ccc(CC(CC(=O)Cc2ncc(Cl)s2)c2noc(=O)[nH]2)cc1. The highest BCUT2D eigenvalue weighted by Gasteiger charge is 2.22. The molecule has 1 N–H and O–H groups in total. The van der Waals surface area contributed by atoms with Gasteiger partial charge in [-0.1, -0.05) is 28.9 Å². The van der Waals surface area contributed by atoms with Crippen molar-refractivity contribution in [2.75, 3.05) is 7.11 Å². The average Bonchev–Trinajstić information content (AvgIpc) is 3.23. The molecule has 136 valence electrons. The van der Waals surface area contributed by atoms with E-state index in [4.69, 9.17) is 16.3 Å². The normalized spacial score (nSPS) is 12.1. The van der Waals surface area contributed by atoms with Crippen molar-refractivity contribution in [1.82, 2.24) is 15.1 Å². The van der Waals surface area contributed by atoms with Crippen molar-refractivity contribution < 1.29 is 14.1 Å². The number of ether oxygens (including phenoxy) is 1. The predicted octanol–water partition coefficient (Wildman–Crippen LogP) is 3.01. The maximum absolute atomic E-state index is 12.5. The van der Waals surface area contributed by atoms with Gasteiger partial charge in [0.1, 0.15) is 20.9 Å². The molecule has 0 amide bonds. The van der Waals surface area contributed by atoms with Gasteiger partial charge in [-0.25, -0.2) is 9.78 Å². The lowest BCUT2D eigenvalue weighted by Crippen LogP contribution is -2.14. The standard InChI is InChI=1S/C17H16ClN3O4S/c1-24-13-4-2-10(3-5-13)6-11(16-20-17(23)25-21-16)7-12(22)8-15-19-9-14(18)26-15/h2-5,9,11H,6-8H2,1H3,(H,20,21,23). The van der Waals surface area contributed by atoms with E-state index in [2.05, 4.69) is 19.6 Å². The summed E-state index contributed by atoms with van der Waals surface area (Å²) in [6, 6.07) is 7.51. The van der Waals surface area contributed by atoms with Crippen LogP contribution in [0, 0.1) is 0 Å². The highest BCUT2D eigenvalue weighted by molar-refractivity contribution is 7.15. The molecule has 0 saturated heterocycles. The lowest BCUT2D eigenvalue weighted by Gasteiger charge is -2.13. The van der Waals surface area contributed by atoms with Gasteiger partial charge in [-0.15, -0.1) is 11.3 Å². The van der Waals surface area contributed by atoms with Crippen LogP contribution in [0.3, 0.4) is 0 Å². The Morgan fingerprint density at radius 3 is 2.73 bits per heavy atom. The average molecular weight is 394 g/mol. The molecule has 0 spiro atoms. The molecule has 7 nitrogen and oxygen atoms in total. The Hall–Kier alpha value is -2.45. The van der Waals surface area contributed by atoms with Gasteiger partial charge in [0.15, 0.2) is 5.82 Å². The second-order valence-corrected chi connectivity index (χ2v) is 7.45. The van der Waals surface area contributed by atoms with Crippen LogP contribution < -0.4 is 10.5 Å². The van der Waals surface area contributed by atoms with E-state index in [0.29, 0.717) is 21.6 Å². The molecule has 0 aliphatic rings. The summed E-state index contributed by atoms with van der Waals surface area (Å²) in [5.74, 6) is 0.142. The van der Waals surface area contributed by atoms with E-state index in [1.54, 1.807) is 7.11 Å². The minimum atomic E-state index is -0.640. The number of nitrogens with one attached hydrogen (secondary N) is 1. The third-order valence-electron chi connectivity index (χ3n) is 3.83. The Bertz CT molecular complexity index is 932. The van der Waals surface area contributed by atoms with Gasteiger partial charge in [-0.2, -0.15) is 0 Å². The van der Waals surface area contributed by atoms with Crippen molar-refractivity contribution in [3.63, 3.8) is 0 Å². The molecule has 3 aromatic rings. The van der Waals surface area contributed by atoms with Crippen molar-refractivity contribution in [2.45, 2.75) is 25.2 Å². The molecule has 0 bridgehead atoms. The summed E-state index contributed by atoms with van der Waals surface area (Å²) in [7, 11) is 1.60. The molecule has 3 rings (SSSR count). The summed E-state index contributed by atoms with van der Waals surface area (Å²) >= 11 is 7.13. The van der Waals surface area contributed by atoms with Crippen molar-refractivity contribution in [2.24, 2.45) is 0 Å². The number of halogens is 1. The number of aromatic nitrogens is 3. The number of ketones is 1. The van der Waals surface area contributed by atoms with Crippen LogP contribution in [0.5, 0.6) is 5.75 Å². The summed E-state index contributed by atoms with van der Waals surface area (Å²) in [5.41, 5.74) is 0.991. The van der Waals surface area contributed by atoms with Crippen LogP contribution in [0.15, 0.2) is 39.8 Å². The van der Waals surface area contributed by atoms with Crippen LogP contribution in [0.25, 0.3) is 0 Å². The molecule has 0 radical (unpaired) electrons. The number of carbonyl (C=O) groups is 1. The van der Waals surface area contributed by atoms with E-state index in [-0.39, 0.29) is 24.5 Å². The summed E-state index contributed by atoms with van der Waals surface area (Å²) in [6.07, 6.45) is 2.44. The van der Waals surface area contributed by atoms with Crippen LogP contribution in [0.4, 0.5) is 0 Å². The van der Waals surface area contributed by atoms with Gasteiger partial charge in [0.25, 0.3) is 0 Å². The lowest BCUT2D eigenvalue weighted by atomic mass is 9.93. The predicted molar refractivity (Wildman–Crippen MR) is 97.0 cm³/mol. The number of aromatic amines is 1. The molecule has 9 heteroatoms. The summed E-state index contributed by atoms with van der Waals surface area (Å²) in [6.45, 7) is 0. The fraction of sp³-hybridized carbons (Fsp3) is 0.294. The monoisotopic (exact) mass is 393 g/mol. The van der Waals surface area contributed by atoms with Crippen molar-refractivity contribution in [3.8, 4) is 5.75 Å². The van der Waals surface area contributed by atoms with E-state index in [0.717, 1.165) is 11.3 Å². The third kappa shape index (κ3) is 4.80. The van der Waals surface area contributed by atoms with Gasteiger partial charge in [0, 0.05) is 12.3 Å². The molecular formula is C17H16ClN3O4S. The first-order valence-electron chi connectivity index (χ1n) is 7.84. The van der Waals surface area contributed by atoms with E-state index >= 15 is 0 Å². The van der Waals surface area contributed by atoms with Crippen LogP contribution in [-0.2, 0) is 17.6 Å². The van der Waals surface area contributed by atoms with Crippen LogP contribution in [0.1, 0.15) is 28.7 Å². The first kappa shape index (κ1) is 18.3. The molecule has 0 saturated carbocycles. The zero-order valence-electron chi connectivity index (χ0n) is 13.9. The topological polar surface area (TPSA) is 98.1 Å². The fourth-order valence-corrected chi connectivity index (χ4v) is 3.60. The highest BCUT2D eigenvalue weighted by atomic mass is 35.5. The highest BCUT2D eigenvalue weighted by Crippen LogP contribution is 2.25. The number of Topliss-reactive ketones (excluding diaryl/α,β-unsaturated/α-hetero) is 1. The smallest absolute Gasteiger partial charge is 0.438 e. The van der Waals surface area contributed by atoms with Crippen LogP contribution in [0.2, 0.25) is 4.34 Å². The molecule has 2 heterocycles. The number of rotatable bonds is 8. The van der Waals surface area contributed by atoms with E-state index in [9.17, 15) is 9.59 Å². The van der Waals surface area contributed by atoms with Crippen molar-refractivity contribution >= 4 is 28.7 Å². The third-order valence-corrected chi connectivity index (χ3v) is 4.95. The molecule has 2 aromatic heterocycles. The van der Waals surface area contributed by atoms with Gasteiger partial charge in [-0.3, -0.25) is 14.3 Å². The van der Waals surface area contributed by atoms with E-state index in [1.807, 2.05) is 24.3 Å². The van der Waals surface area contributed by atoms with Gasteiger partial charge < -0.3 is 4.74 Å². The molecule has 26 heavy (non-hydrogen) atoms. The van der Waals surface area contributed by atoms with Crippen molar-refractivity contribution in [3.05, 3.63) is 61.7 Å². The Morgan fingerprint density at radius 2 is 2.15 bits per heavy atom. The maximum atomic E-state index is 12.5. The number of methoxy groups -OCH3 is 1. The zero-order chi connectivity index (χ0) is 18.5. The first-order chi connectivity index (χ1) is 12.5. The number of hydrogen-bond donors (Lipinski definition) is 1. The number of nitrogens with zero attached hydrogens (tertiary/aromatic N) is 2. The van der Waals surface area contributed by atoms with Crippen LogP contribution >= 0.6 is 22.9 Å². The second kappa shape index (κ2) is 8.29. The molecule has 1 atom stereocenters. The summed E-state index contributed by atoms with van der Waals surface area (Å²) in [4.78, 5) is 30.4. The first-order valence-corrected chi connectivity index (χ1v) is 9.03. The Labute approximate surface area is 158 Å². The van der Waals surface area contributed by atoms with Gasteiger partial charge in [0.2, 0.25) is 0 Å². The minimum Gasteiger partial charge on any atom is -0.497 e. The number of carbonyl (C=O) groups excluding carboxylic acids is 1. The van der Waals surface area contributed by atoms with Gasteiger partial charge in [-0.05, 0) is 24.1 Å². The number of thiazole rings is 1. The molecule has 0 fully saturated rings. The molecule has 0 aliphatic heterocycles. The van der Waals surface area contributed by atoms with E-state index in [1.165, 1.54) is 17.5 Å². The zero-order valence-corrected chi connectivity index (χ0v) is 15.5. The molecule has 0 aliphatic carbocycles. The Morgan fingerprint density at radius 1 is 1.38 bits per heavy atom. The van der Waals surface area contributed by atoms with Crippen molar-refractivity contribution in [1.29, 1.82) is 0 Å². The minimum absolute atomic E-state index is 0.0154. The number of H-pyrrole nitrogens is 1. The molecule has 1 aromatic carbocycles.